The molecule has 0 atom stereocenters. The molecule has 13 heavy (non-hydrogen) atoms. The van der Waals surface area contributed by atoms with Crippen LogP contribution in [-0.4, -0.2) is 26.6 Å². The minimum Gasteiger partial charge on any atom is -0.491 e. The highest BCUT2D eigenvalue weighted by atomic mass is 32.2. The molecule has 2 nitrogen and oxygen atoms in total. The molecular formula is C10H14O2S. The van der Waals surface area contributed by atoms with E-state index in [1.165, 1.54) is 4.90 Å². The summed E-state index contributed by atoms with van der Waals surface area (Å²) in [4.78, 5) is 1.22. The highest BCUT2D eigenvalue weighted by Gasteiger charge is 1.94. The molecule has 0 saturated carbocycles. The van der Waals surface area contributed by atoms with Crippen molar-refractivity contribution in [3.8, 4) is 5.75 Å². The van der Waals surface area contributed by atoms with Gasteiger partial charge in [0.1, 0.15) is 12.4 Å². The normalized spacial score (nSPS) is 10.0. The van der Waals surface area contributed by atoms with Crippen molar-refractivity contribution in [3.05, 3.63) is 24.3 Å². The van der Waals surface area contributed by atoms with Crippen LogP contribution in [0.4, 0.5) is 0 Å². The van der Waals surface area contributed by atoms with E-state index in [9.17, 15) is 0 Å². The highest BCUT2D eigenvalue weighted by Crippen LogP contribution is 2.20. The molecule has 0 amide bonds. The van der Waals surface area contributed by atoms with Gasteiger partial charge in [-0.1, -0.05) is 6.07 Å². The molecular weight excluding hydrogens is 184 g/mol. The number of hydrogen-bond donors (Lipinski definition) is 0. The number of hydrogen-bond acceptors (Lipinski definition) is 3. The van der Waals surface area contributed by atoms with Crippen LogP contribution < -0.4 is 4.74 Å². The second-order valence-corrected chi connectivity index (χ2v) is 3.40. The van der Waals surface area contributed by atoms with Gasteiger partial charge in [0.25, 0.3) is 0 Å². The van der Waals surface area contributed by atoms with Crippen molar-refractivity contribution in [2.75, 3.05) is 26.6 Å². The first-order chi connectivity index (χ1) is 6.36. The molecule has 1 aromatic carbocycles. The van der Waals surface area contributed by atoms with Crippen LogP contribution in [0, 0.1) is 0 Å². The van der Waals surface area contributed by atoms with Gasteiger partial charge in [-0.2, -0.15) is 0 Å². The summed E-state index contributed by atoms with van der Waals surface area (Å²) in [5.74, 6) is 0.906. The van der Waals surface area contributed by atoms with Crippen molar-refractivity contribution < 1.29 is 9.47 Å². The second-order valence-electron chi connectivity index (χ2n) is 2.52. The quantitative estimate of drug-likeness (QED) is 0.535. The van der Waals surface area contributed by atoms with Crippen molar-refractivity contribution in [3.63, 3.8) is 0 Å². The topological polar surface area (TPSA) is 18.5 Å². The van der Waals surface area contributed by atoms with Gasteiger partial charge < -0.3 is 9.47 Å². The Hall–Kier alpha value is -0.670. The molecule has 0 N–H and O–H groups in total. The molecule has 1 rings (SSSR count). The van der Waals surface area contributed by atoms with Crippen LogP contribution in [-0.2, 0) is 4.74 Å². The first kappa shape index (κ1) is 10.4. The van der Waals surface area contributed by atoms with Crippen LogP contribution in [0.15, 0.2) is 29.2 Å². The van der Waals surface area contributed by atoms with E-state index in [2.05, 4.69) is 6.07 Å². The number of methoxy groups -OCH3 is 1. The Bertz CT molecular complexity index is 250. The lowest BCUT2D eigenvalue weighted by atomic mass is 10.3. The summed E-state index contributed by atoms with van der Waals surface area (Å²) in [6.45, 7) is 1.23. The summed E-state index contributed by atoms with van der Waals surface area (Å²) < 4.78 is 10.3. The van der Waals surface area contributed by atoms with Crippen LogP contribution in [0.1, 0.15) is 0 Å². The van der Waals surface area contributed by atoms with Crippen LogP contribution in [0.2, 0.25) is 0 Å². The van der Waals surface area contributed by atoms with Crippen molar-refractivity contribution >= 4 is 11.8 Å². The Labute approximate surface area is 83.2 Å². The number of benzene rings is 1. The zero-order valence-electron chi connectivity index (χ0n) is 7.95. The zero-order valence-corrected chi connectivity index (χ0v) is 8.76. The summed E-state index contributed by atoms with van der Waals surface area (Å²) in [5, 5.41) is 0. The van der Waals surface area contributed by atoms with Gasteiger partial charge in [0.05, 0.1) is 6.61 Å². The van der Waals surface area contributed by atoms with Crippen molar-refractivity contribution in [1.82, 2.24) is 0 Å². The molecule has 0 saturated heterocycles. The Balaban J connectivity index is 2.46. The molecule has 0 aliphatic heterocycles. The van der Waals surface area contributed by atoms with Crippen molar-refractivity contribution in [2.45, 2.75) is 4.90 Å². The molecule has 0 aliphatic carbocycles. The Morgan fingerprint density at radius 3 is 2.85 bits per heavy atom. The average Bonchev–Trinajstić information content (AvgIpc) is 2.19. The van der Waals surface area contributed by atoms with Gasteiger partial charge in [0.15, 0.2) is 0 Å². The molecule has 0 aromatic heterocycles. The molecule has 3 heteroatoms. The van der Waals surface area contributed by atoms with E-state index >= 15 is 0 Å². The molecule has 0 spiro atoms. The molecule has 0 fully saturated rings. The minimum absolute atomic E-state index is 0.605. The fraction of sp³-hybridized carbons (Fsp3) is 0.400. The highest BCUT2D eigenvalue weighted by molar-refractivity contribution is 7.98. The standard InChI is InChI=1S/C10H14O2S/c1-11-6-7-12-9-4-3-5-10(8-9)13-2/h3-5,8H,6-7H2,1-2H3. The summed E-state index contributed by atoms with van der Waals surface area (Å²) in [6, 6.07) is 8.04. The van der Waals surface area contributed by atoms with Gasteiger partial charge in [-0.3, -0.25) is 0 Å². The molecule has 0 aliphatic rings. The molecule has 0 radical (unpaired) electrons. The third-order valence-electron chi connectivity index (χ3n) is 1.60. The number of ether oxygens (including phenoxy) is 2. The van der Waals surface area contributed by atoms with Crippen LogP contribution in [0.25, 0.3) is 0 Å². The lowest BCUT2D eigenvalue weighted by Crippen LogP contribution is -2.03. The second kappa shape index (κ2) is 5.89. The maximum atomic E-state index is 5.45. The van der Waals surface area contributed by atoms with E-state index in [-0.39, 0.29) is 0 Å². The largest absolute Gasteiger partial charge is 0.491 e. The molecule has 0 bridgehead atoms. The predicted molar refractivity (Wildman–Crippen MR) is 55.6 cm³/mol. The molecule has 0 heterocycles. The fourth-order valence-electron chi connectivity index (χ4n) is 0.934. The lowest BCUT2D eigenvalue weighted by molar-refractivity contribution is 0.146. The van der Waals surface area contributed by atoms with Crippen LogP contribution in [0.5, 0.6) is 5.75 Å². The first-order valence-electron chi connectivity index (χ1n) is 4.12. The van der Waals surface area contributed by atoms with Crippen molar-refractivity contribution in [1.29, 1.82) is 0 Å². The maximum absolute atomic E-state index is 5.45. The Morgan fingerprint density at radius 1 is 1.31 bits per heavy atom. The van der Waals surface area contributed by atoms with Gasteiger partial charge in [-0.05, 0) is 24.5 Å². The average molecular weight is 198 g/mol. The van der Waals surface area contributed by atoms with Crippen LogP contribution in [0.3, 0.4) is 0 Å². The molecule has 72 valence electrons. The third kappa shape index (κ3) is 3.70. The van der Waals surface area contributed by atoms with Gasteiger partial charge in [0.2, 0.25) is 0 Å². The number of thioether (sulfide) groups is 1. The number of rotatable bonds is 5. The summed E-state index contributed by atoms with van der Waals surface area (Å²) >= 11 is 1.71. The van der Waals surface area contributed by atoms with Gasteiger partial charge in [-0.25, -0.2) is 0 Å². The summed E-state index contributed by atoms with van der Waals surface area (Å²) in [5.41, 5.74) is 0. The SMILES string of the molecule is COCCOc1cccc(SC)c1. The van der Waals surface area contributed by atoms with Gasteiger partial charge in [-0.15, -0.1) is 11.8 Å². The summed E-state index contributed by atoms with van der Waals surface area (Å²) in [7, 11) is 1.67. The molecule has 1 aromatic rings. The van der Waals surface area contributed by atoms with E-state index in [0.717, 1.165) is 5.75 Å². The zero-order chi connectivity index (χ0) is 9.52. The third-order valence-corrected chi connectivity index (χ3v) is 2.32. The minimum atomic E-state index is 0.605. The lowest BCUT2D eigenvalue weighted by Gasteiger charge is -2.05. The van der Waals surface area contributed by atoms with Gasteiger partial charge >= 0.3 is 0 Å². The van der Waals surface area contributed by atoms with Crippen molar-refractivity contribution in [2.24, 2.45) is 0 Å². The van der Waals surface area contributed by atoms with E-state index in [1.807, 2.05) is 24.5 Å². The van der Waals surface area contributed by atoms with Gasteiger partial charge in [0, 0.05) is 12.0 Å². The smallest absolute Gasteiger partial charge is 0.120 e. The Kier molecular flexibility index (Phi) is 4.72. The molecule has 0 unspecified atom stereocenters. The fourth-order valence-corrected chi connectivity index (χ4v) is 1.38. The van der Waals surface area contributed by atoms with E-state index in [0.29, 0.717) is 13.2 Å². The summed E-state index contributed by atoms with van der Waals surface area (Å²) in [6.07, 6.45) is 2.05. The van der Waals surface area contributed by atoms with E-state index in [1.54, 1.807) is 18.9 Å². The predicted octanol–water partition coefficient (Wildman–Crippen LogP) is 2.43. The monoisotopic (exact) mass is 198 g/mol. The van der Waals surface area contributed by atoms with Crippen LogP contribution >= 0.6 is 11.8 Å². The first-order valence-corrected chi connectivity index (χ1v) is 5.35. The Morgan fingerprint density at radius 2 is 2.15 bits per heavy atom. The van der Waals surface area contributed by atoms with E-state index in [4.69, 9.17) is 9.47 Å². The van der Waals surface area contributed by atoms with E-state index < -0.39 is 0 Å². The maximum Gasteiger partial charge on any atom is 0.120 e.